The highest BCUT2D eigenvalue weighted by atomic mass is 32.2. The molecule has 138 valence electrons. The SMILES string of the molecule is CC(C)C[C@@H](NC(=O)COC(=O)CSc1ccccc1)c1ccccc1. The van der Waals surface area contributed by atoms with Crippen molar-refractivity contribution in [1.29, 1.82) is 0 Å². The zero-order valence-corrected chi connectivity index (χ0v) is 16.0. The normalized spacial score (nSPS) is 11.8. The second-order valence-corrected chi connectivity index (χ2v) is 7.47. The molecular weight excluding hydrogens is 346 g/mol. The Morgan fingerprint density at radius 2 is 1.62 bits per heavy atom. The Balaban J connectivity index is 1.79. The lowest BCUT2D eigenvalue weighted by atomic mass is 9.97. The van der Waals surface area contributed by atoms with Crippen molar-refractivity contribution in [2.45, 2.75) is 31.2 Å². The minimum atomic E-state index is -0.394. The van der Waals surface area contributed by atoms with E-state index in [2.05, 4.69) is 19.2 Å². The molecule has 26 heavy (non-hydrogen) atoms. The first-order chi connectivity index (χ1) is 12.5. The van der Waals surface area contributed by atoms with E-state index in [0.29, 0.717) is 5.92 Å². The van der Waals surface area contributed by atoms with Gasteiger partial charge in [0.2, 0.25) is 0 Å². The highest BCUT2D eigenvalue weighted by Crippen LogP contribution is 2.21. The van der Waals surface area contributed by atoms with Crippen LogP contribution >= 0.6 is 11.8 Å². The Kier molecular flexibility index (Phi) is 8.22. The molecule has 0 fully saturated rings. The van der Waals surface area contributed by atoms with Gasteiger partial charge in [-0.25, -0.2) is 0 Å². The summed E-state index contributed by atoms with van der Waals surface area (Å²) in [6.07, 6.45) is 0.827. The van der Waals surface area contributed by atoms with Crippen molar-refractivity contribution < 1.29 is 14.3 Å². The van der Waals surface area contributed by atoms with Gasteiger partial charge in [-0.05, 0) is 30.0 Å². The summed E-state index contributed by atoms with van der Waals surface area (Å²) in [6.45, 7) is 3.97. The molecule has 1 N–H and O–H groups in total. The van der Waals surface area contributed by atoms with Crippen molar-refractivity contribution in [3.8, 4) is 0 Å². The molecule has 0 aliphatic heterocycles. The molecule has 2 aromatic carbocycles. The van der Waals surface area contributed by atoms with Gasteiger partial charge in [-0.15, -0.1) is 11.8 Å². The smallest absolute Gasteiger partial charge is 0.316 e. The first kappa shape index (κ1) is 20.0. The number of rotatable bonds is 9. The number of hydrogen-bond donors (Lipinski definition) is 1. The fraction of sp³-hybridized carbons (Fsp3) is 0.333. The van der Waals surface area contributed by atoms with E-state index in [1.165, 1.54) is 11.8 Å². The largest absolute Gasteiger partial charge is 0.455 e. The van der Waals surface area contributed by atoms with Gasteiger partial charge in [0.1, 0.15) is 0 Å². The maximum atomic E-state index is 12.2. The first-order valence-corrected chi connectivity index (χ1v) is 9.71. The monoisotopic (exact) mass is 371 g/mol. The van der Waals surface area contributed by atoms with Crippen molar-refractivity contribution in [3.05, 3.63) is 66.2 Å². The molecule has 0 spiro atoms. The molecule has 1 amide bonds. The van der Waals surface area contributed by atoms with Gasteiger partial charge in [0.15, 0.2) is 6.61 Å². The molecule has 0 heterocycles. The lowest BCUT2D eigenvalue weighted by molar-refractivity contribution is -0.146. The van der Waals surface area contributed by atoms with Crippen LogP contribution in [0.5, 0.6) is 0 Å². The summed E-state index contributed by atoms with van der Waals surface area (Å²) >= 11 is 1.39. The maximum absolute atomic E-state index is 12.2. The predicted octanol–water partition coefficient (Wildman–Crippen LogP) is 4.23. The zero-order chi connectivity index (χ0) is 18.8. The van der Waals surface area contributed by atoms with Crippen molar-refractivity contribution in [1.82, 2.24) is 5.32 Å². The molecule has 0 aliphatic carbocycles. The molecule has 2 aromatic rings. The Morgan fingerprint density at radius 3 is 2.23 bits per heavy atom. The van der Waals surface area contributed by atoms with Crippen molar-refractivity contribution in [2.75, 3.05) is 12.4 Å². The summed E-state index contributed by atoms with van der Waals surface area (Å²) in [4.78, 5) is 25.0. The Hall–Kier alpha value is -2.27. The van der Waals surface area contributed by atoms with E-state index >= 15 is 0 Å². The standard InChI is InChI=1S/C21H25NO3S/c1-16(2)13-19(17-9-5-3-6-10-17)22-20(23)14-25-21(24)15-26-18-11-7-4-8-12-18/h3-12,16,19H,13-15H2,1-2H3,(H,22,23)/t19-/m1/s1. The highest BCUT2D eigenvalue weighted by Gasteiger charge is 2.17. The fourth-order valence-electron chi connectivity index (χ4n) is 2.52. The number of ether oxygens (including phenoxy) is 1. The second-order valence-electron chi connectivity index (χ2n) is 6.42. The number of hydrogen-bond acceptors (Lipinski definition) is 4. The van der Waals surface area contributed by atoms with Crippen LogP contribution in [-0.2, 0) is 14.3 Å². The Morgan fingerprint density at radius 1 is 1.00 bits per heavy atom. The number of benzene rings is 2. The first-order valence-electron chi connectivity index (χ1n) is 8.72. The van der Waals surface area contributed by atoms with E-state index in [9.17, 15) is 9.59 Å². The summed E-state index contributed by atoms with van der Waals surface area (Å²) in [6, 6.07) is 19.4. The number of thioether (sulfide) groups is 1. The van der Waals surface area contributed by atoms with Gasteiger partial charge in [0, 0.05) is 4.90 Å². The van der Waals surface area contributed by atoms with Crippen LogP contribution in [0.15, 0.2) is 65.6 Å². The van der Waals surface area contributed by atoms with Crippen LogP contribution in [0.1, 0.15) is 31.9 Å². The lowest BCUT2D eigenvalue weighted by Crippen LogP contribution is -2.33. The third-order valence-corrected chi connectivity index (χ3v) is 4.69. The van der Waals surface area contributed by atoms with Gasteiger partial charge in [0.25, 0.3) is 5.91 Å². The van der Waals surface area contributed by atoms with Crippen LogP contribution in [0, 0.1) is 5.92 Å². The lowest BCUT2D eigenvalue weighted by Gasteiger charge is -2.21. The van der Waals surface area contributed by atoms with Gasteiger partial charge in [-0.1, -0.05) is 62.4 Å². The molecule has 0 aromatic heterocycles. The van der Waals surface area contributed by atoms with E-state index in [4.69, 9.17) is 4.74 Å². The van der Waals surface area contributed by atoms with Crippen LogP contribution in [-0.4, -0.2) is 24.2 Å². The number of carbonyl (C=O) groups excluding carboxylic acids is 2. The number of nitrogens with one attached hydrogen (secondary N) is 1. The maximum Gasteiger partial charge on any atom is 0.316 e. The van der Waals surface area contributed by atoms with E-state index in [1.54, 1.807) is 0 Å². The highest BCUT2D eigenvalue weighted by molar-refractivity contribution is 8.00. The molecule has 5 heteroatoms. The molecular formula is C21H25NO3S. The summed E-state index contributed by atoms with van der Waals surface area (Å²) < 4.78 is 5.10. The molecule has 1 atom stereocenters. The molecule has 0 unspecified atom stereocenters. The molecule has 0 radical (unpaired) electrons. The molecule has 4 nitrogen and oxygen atoms in total. The topological polar surface area (TPSA) is 55.4 Å². The van der Waals surface area contributed by atoms with Gasteiger partial charge < -0.3 is 10.1 Å². The average molecular weight is 372 g/mol. The zero-order valence-electron chi connectivity index (χ0n) is 15.2. The quantitative estimate of drug-likeness (QED) is 0.529. The average Bonchev–Trinajstić information content (AvgIpc) is 2.65. The molecule has 2 rings (SSSR count). The van der Waals surface area contributed by atoms with E-state index in [1.807, 2.05) is 60.7 Å². The number of amides is 1. The van der Waals surface area contributed by atoms with Crippen LogP contribution in [0.4, 0.5) is 0 Å². The fourth-order valence-corrected chi connectivity index (χ4v) is 3.24. The van der Waals surface area contributed by atoms with E-state index in [-0.39, 0.29) is 24.3 Å². The van der Waals surface area contributed by atoms with Crippen LogP contribution in [0.2, 0.25) is 0 Å². The molecule has 0 aliphatic rings. The molecule has 0 bridgehead atoms. The van der Waals surface area contributed by atoms with E-state index in [0.717, 1.165) is 16.9 Å². The van der Waals surface area contributed by atoms with Crippen LogP contribution in [0.3, 0.4) is 0 Å². The van der Waals surface area contributed by atoms with Gasteiger partial charge in [0.05, 0.1) is 11.8 Å². The summed E-state index contributed by atoms with van der Waals surface area (Å²) in [5, 5.41) is 2.97. The predicted molar refractivity (Wildman–Crippen MR) is 105 cm³/mol. The number of carbonyl (C=O) groups is 2. The van der Waals surface area contributed by atoms with Crippen LogP contribution in [0.25, 0.3) is 0 Å². The van der Waals surface area contributed by atoms with Crippen molar-refractivity contribution >= 4 is 23.6 Å². The van der Waals surface area contributed by atoms with Gasteiger partial charge in [-0.3, -0.25) is 9.59 Å². The third-order valence-electron chi connectivity index (χ3n) is 3.71. The van der Waals surface area contributed by atoms with Crippen molar-refractivity contribution in [3.63, 3.8) is 0 Å². The Bertz CT molecular complexity index is 689. The minimum Gasteiger partial charge on any atom is -0.455 e. The number of esters is 1. The summed E-state index contributed by atoms with van der Waals surface area (Å²) in [5.41, 5.74) is 1.06. The van der Waals surface area contributed by atoms with Gasteiger partial charge in [-0.2, -0.15) is 0 Å². The third kappa shape index (κ3) is 7.31. The van der Waals surface area contributed by atoms with Gasteiger partial charge >= 0.3 is 5.97 Å². The minimum absolute atomic E-state index is 0.0823. The van der Waals surface area contributed by atoms with Crippen molar-refractivity contribution in [2.24, 2.45) is 5.92 Å². The van der Waals surface area contributed by atoms with Crippen LogP contribution < -0.4 is 5.32 Å². The second kappa shape index (κ2) is 10.7. The summed E-state index contributed by atoms with van der Waals surface area (Å²) in [5.74, 6) is -0.0530. The molecule has 0 saturated carbocycles. The molecule has 0 saturated heterocycles. The Labute approximate surface area is 159 Å². The van der Waals surface area contributed by atoms with E-state index < -0.39 is 5.97 Å². The summed E-state index contributed by atoms with van der Waals surface area (Å²) in [7, 11) is 0.